The van der Waals surface area contributed by atoms with Gasteiger partial charge in [-0.1, -0.05) is 135 Å². The Morgan fingerprint density at radius 3 is 1.41 bits per heavy atom. The molecule has 2 saturated heterocycles. The van der Waals surface area contributed by atoms with Crippen LogP contribution >= 0.6 is 0 Å². The molecule has 4 aromatic rings. The van der Waals surface area contributed by atoms with E-state index in [0.29, 0.717) is 33.0 Å². The van der Waals surface area contributed by atoms with Crippen molar-refractivity contribution >= 4 is 0 Å². The average molecular weight is 697 g/mol. The molecule has 2 aliphatic rings. The summed E-state index contributed by atoms with van der Waals surface area (Å²) in [4.78, 5) is 0. The molecule has 10 atom stereocenters. The number of ether oxygens (including phenoxy) is 7. The minimum Gasteiger partial charge on any atom is -0.388 e. The molecule has 0 bridgehead atoms. The molecule has 272 valence electrons. The Bertz CT molecular complexity index is 1540. The zero-order chi connectivity index (χ0) is 35.4. The number of hydrogen-bond donors (Lipinski definition) is 1. The van der Waals surface area contributed by atoms with Crippen LogP contribution in [-0.4, -0.2) is 67.3 Å². The largest absolute Gasteiger partial charge is 0.388 e. The summed E-state index contributed by atoms with van der Waals surface area (Å²) in [6.45, 7) is 8.31. The predicted molar refractivity (Wildman–Crippen MR) is 194 cm³/mol. The van der Waals surface area contributed by atoms with Crippen LogP contribution in [0.3, 0.4) is 0 Å². The lowest BCUT2D eigenvalue weighted by Crippen LogP contribution is -2.61. The fourth-order valence-corrected chi connectivity index (χ4v) is 6.82. The van der Waals surface area contributed by atoms with Crippen molar-refractivity contribution in [2.75, 3.05) is 13.2 Å². The van der Waals surface area contributed by atoms with E-state index in [1.54, 1.807) is 0 Å². The topological polar surface area (TPSA) is 84.8 Å². The fraction of sp³-hybridized carbons (Fsp3) is 0.442. The van der Waals surface area contributed by atoms with Crippen LogP contribution in [0, 0.1) is 11.8 Å². The van der Waals surface area contributed by atoms with Gasteiger partial charge in [0.25, 0.3) is 0 Å². The molecule has 0 spiro atoms. The highest BCUT2D eigenvalue weighted by molar-refractivity contribution is 5.16. The van der Waals surface area contributed by atoms with E-state index in [1.165, 1.54) is 0 Å². The van der Waals surface area contributed by atoms with Gasteiger partial charge in [-0.3, -0.25) is 0 Å². The minimum absolute atomic E-state index is 0.0173. The van der Waals surface area contributed by atoms with Gasteiger partial charge in [0.15, 0.2) is 6.29 Å². The van der Waals surface area contributed by atoms with Crippen molar-refractivity contribution < 1.29 is 38.3 Å². The second-order valence-corrected chi connectivity index (χ2v) is 13.8. The van der Waals surface area contributed by atoms with Gasteiger partial charge in [0.1, 0.15) is 24.4 Å². The van der Waals surface area contributed by atoms with E-state index in [9.17, 15) is 5.11 Å². The molecule has 0 aromatic heterocycles. The minimum atomic E-state index is -0.934. The number of aliphatic hydroxyl groups is 1. The van der Waals surface area contributed by atoms with Crippen LogP contribution in [0.4, 0.5) is 0 Å². The Labute approximate surface area is 302 Å². The van der Waals surface area contributed by atoms with Gasteiger partial charge >= 0.3 is 0 Å². The van der Waals surface area contributed by atoms with E-state index in [2.05, 4.69) is 26.0 Å². The Morgan fingerprint density at radius 1 is 0.490 bits per heavy atom. The molecular weight excluding hydrogens is 644 g/mol. The predicted octanol–water partition coefficient (Wildman–Crippen LogP) is 7.12. The summed E-state index contributed by atoms with van der Waals surface area (Å²) in [6.07, 6.45) is -4.32. The number of aliphatic hydroxyl groups excluding tert-OH is 1. The van der Waals surface area contributed by atoms with E-state index in [-0.39, 0.29) is 30.7 Å². The van der Waals surface area contributed by atoms with E-state index in [1.807, 2.05) is 116 Å². The Morgan fingerprint density at radius 2 is 0.922 bits per heavy atom. The van der Waals surface area contributed by atoms with E-state index < -0.39 is 36.8 Å². The SMILES string of the molecule is CC1OC(COCc2ccccc2)C(OC2OC(COCc3ccccc3)C(O)C(OCc3ccccc3)C2C)C(OCc2ccccc2)C1C. The third kappa shape index (κ3) is 10.3. The van der Waals surface area contributed by atoms with Gasteiger partial charge in [0.05, 0.1) is 58.0 Å². The molecule has 8 heteroatoms. The summed E-state index contributed by atoms with van der Waals surface area (Å²) in [7, 11) is 0. The summed E-state index contributed by atoms with van der Waals surface area (Å²) in [5.41, 5.74) is 4.22. The van der Waals surface area contributed by atoms with Crippen LogP contribution in [-0.2, 0) is 59.6 Å². The second-order valence-electron chi connectivity index (χ2n) is 13.8. The van der Waals surface area contributed by atoms with Crippen molar-refractivity contribution in [3.8, 4) is 0 Å². The highest BCUT2D eigenvalue weighted by Crippen LogP contribution is 2.36. The highest BCUT2D eigenvalue weighted by Gasteiger charge is 2.50. The normalized spacial score (nSPS) is 29.5. The monoisotopic (exact) mass is 696 g/mol. The fourth-order valence-electron chi connectivity index (χ4n) is 6.82. The zero-order valence-electron chi connectivity index (χ0n) is 29.9. The molecule has 2 heterocycles. The Kier molecular flexibility index (Phi) is 13.8. The molecule has 8 nitrogen and oxygen atoms in total. The summed E-state index contributed by atoms with van der Waals surface area (Å²) in [5.74, 6) is -0.312. The Hall–Kier alpha value is -3.44. The van der Waals surface area contributed by atoms with Gasteiger partial charge in [-0.15, -0.1) is 0 Å². The first-order chi connectivity index (χ1) is 25.0. The lowest BCUT2D eigenvalue weighted by Gasteiger charge is -2.49. The summed E-state index contributed by atoms with van der Waals surface area (Å²) in [5, 5.41) is 11.7. The van der Waals surface area contributed by atoms with Gasteiger partial charge < -0.3 is 38.3 Å². The molecule has 6 rings (SSSR count). The van der Waals surface area contributed by atoms with Gasteiger partial charge in [-0.05, 0) is 29.2 Å². The van der Waals surface area contributed by atoms with E-state index >= 15 is 0 Å². The van der Waals surface area contributed by atoms with Crippen molar-refractivity contribution in [3.05, 3.63) is 144 Å². The molecule has 2 aliphatic heterocycles. The van der Waals surface area contributed by atoms with Crippen molar-refractivity contribution in [1.82, 2.24) is 0 Å². The van der Waals surface area contributed by atoms with Crippen LogP contribution in [0.25, 0.3) is 0 Å². The third-order valence-corrected chi connectivity index (χ3v) is 9.96. The number of hydrogen-bond acceptors (Lipinski definition) is 8. The van der Waals surface area contributed by atoms with E-state index in [0.717, 1.165) is 22.3 Å². The molecular formula is C43H52O8. The third-order valence-electron chi connectivity index (χ3n) is 9.96. The van der Waals surface area contributed by atoms with Crippen LogP contribution in [0.1, 0.15) is 43.0 Å². The maximum absolute atomic E-state index is 11.7. The van der Waals surface area contributed by atoms with Crippen molar-refractivity contribution in [2.24, 2.45) is 11.8 Å². The Balaban J connectivity index is 1.22. The van der Waals surface area contributed by atoms with Crippen LogP contribution in [0.15, 0.2) is 121 Å². The lowest BCUT2D eigenvalue weighted by molar-refractivity contribution is -0.335. The molecule has 1 N–H and O–H groups in total. The molecule has 0 aliphatic carbocycles. The molecule has 0 saturated carbocycles. The first kappa shape index (κ1) is 37.3. The molecule has 51 heavy (non-hydrogen) atoms. The van der Waals surface area contributed by atoms with E-state index in [4.69, 9.17) is 33.2 Å². The summed E-state index contributed by atoms with van der Waals surface area (Å²) < 4.78 is 45.8. The molecule has 0 radical (unpaired) electrons. The van der Waals surface area contributed by atoms with Gasteiger partial charge in [0.2, 0.25) is 0 Å². The highest BCUT2D eigenvalue weighted by atomic mass is 16.7. The van der Waals surface area contributed by atoms with Gasteiger partial charge in [-0.2, -0.15) is 0 Å². The number of benzene rings is 4. The maximum atomic E-state index is 11.7. The van der Waals surface area contributed by atoms with Crippen LogP contribution < -0.4 is 0 Å². The summed E-state index contributed by atoms with van der Waals surface area (Å²) in [6, 6.07) is 40.2. The smallest absolute Gasteiger partial charge is 0.163 e. The first-order valence-corrected chi connectivity index (χ1v) is 18.1. The summed E-state index contributed by atoms with van der Waals surface area (Å²) >= 11 is 0. The molecule has 4 aromatic carbocycles. The van der Waals surface area contributed by atoms with Gasteiger partial charge in [-0.25, -0.2) is 0 Å². The molecule has 0 amide bonds. The molecule has 2 fully saturated rings. The quantitative estimate of drug-likeness (QED) is 0.133. The van der Waals surface area contributed by atoms with Crippen LogP contribution in [0.2, 0.25) is 0 Å². The maximum Gasteiger partial charge on any atom is 0.163 e. The van der Waals surface area contributed by atoms with Crippen molar-refractivity contribution in [3.63, 3.8) is 0 Å². The lowest BCUT2D eigenvalue weighted by atomic mass is 9.87. The first-order valence-electron chi connectivity index (χ1n) is 18.1. The zero-order valence-corrected chi connectivity index (χ0v) is 29.9. The molecule has 10 unspecified atom stereocenters. The second kappa shape index (κ2) is 18.9. The van der Waals surface area contributed by atoms with Gasteiger partial charge in [0, 0.05) is 11.8 Å². The van der Waals surface area contributed by atoms with Crippen molar-refractivity contribution in [1.29, 1.82) is 0 Å². The van der Waals surface area contributed by atoms with Crippen LogP contribution in [0.5, 0.6) is 0 Å². The number of rotatable bonds is 16. The standard InChI is InChI=1S/C43H52O8/c1-30-32(3)49-38(29-46-25-34-18-10-5-11-19-34)42(41(30)48-27-36-22-14-7-15-23-36)51-43-31(2)40(47-26-35-20-12-6-13-21-35)39(44)37(50-43)28-45-24-33-16-8-4-9-17-33/h4-23,30-32,37-44H,24-29H2,1-3H3. The average Bonchev–Trinajstić information content (AvgIpc) is 3.16. The van der Waals surface area contributed by atoms with Crippen molar-refractivity contribution in [2.45, 2.75) is 96.2 Å².